The molecule has 3 rings (SSSR count). The zero-order valence-corrected chi connectivity index (χ0v) is 13.4. The zero-order chi connectivity index (χ0) is 16.8. The number of hydrogen-bond donors (Lipinski definition) is 1. The van der Waals surface area contributed by atoms with E-state index >= 15 is 0 Å². The van der Waals surface area contributed by atoms with Crippen LogP contribution < -0.4 is 15.0 Å². The molecule has 1 heterocycles. The van der Waals surface area contributed by atoms with Crippen molar-refractivity contribution < 1.29 is 14.3 Å². The highest BCUT2D eigenvalue weighted by atomic mass is 16.5. The molecule has 24 heavy (non-hydrogen) atoms. The van der Waals surface area contributed by atoms with Crippen LogP contribution in [0.3, 0.4) is 0 Å². The number of nitrogens with one attached hydrogen (secondary N) is 1. The van der Waals surface area contributed by atoms with E-state index in [0.29, 0.717) is 19.7 Å². The average Bonchev–Trinajstić information content (AvgIpc) is 3.02. The SMILES string of the molecule is O=C(NCCOc1ccccc1)C1CC(=O)N(c2ccccc2)C1. The summed E-state index contributed by atoms with van der Waals surface area (Å²) in [6.45, 7) is 1.25. The van der Waals surface area contributed by atoms with Gasteiger partial charge in [0.15, 0.2) is 0 Å². The Morgan fingerprint density at radius 3 is 2.46 bits per heavy atom. The van der Waals surface area contributed by atoms with Gasteiger partial charge in [0.25, 0.3) is 0 Å². The van der Waals surface area contributed by atoms with Crippen LogP contribution in [0.15, 0.2) is 60.7 Å². The Kier molecular flexibility index (Phi) is 5.11. The lowest BCUT2D eigenvalue weighted by atomic mass is 10.1. The van der Waals surface area contributed by atoms with Crippen LogP contribution in [-0.2, 0) is 9.59 Å². The third kappa shape index (κ3) is 3.93. The maximum Gasteiger partial charge on any atom is 0.227 e. The predicted octanol–water partition coefficient (Wildman–Crippen LogP) is 2.23. The maximum atomic E-state index is 12.2. The first kappa shape index (κ1) is 16.1. The topological polar surface area (TPSA) is 58.6 Å². The minimum absolute atomic E-state index is 0.0121. The van der Waals surface area contributed by atoms with Gasteiger partial charge in [-0.1, -0.05) is 36.4 Å². The van der Waals surface area contributed by atoms with Crippen molar-refractivity contribution in [3.05, 3.63) is 60.7 Å². The van der Waals surface area contributed by atoms with Crippen LogP contribution >= 0.6 is 0 Å². The Bertz CT molecular complexity index is 688. The number of benzene rings is 2. The summed E-state index contributed by atoms with van der Waals surface area (Å²) >= 11 is 0. The van der Waals surface area contributed by atoms with Gasteiger partial charge >= 0.3 is 0 Å². The van der Waals surface area contributed by atoms with Crippen LogP contribution in [0.4, 0.5) is 5.69 Å². The molecular weight excluding hydrogens is 304 g/mol. The van der Waals surface area contributed by atoms with Gasteiger partial charge in [-0.2, -0.15) is 0 Å². The number of rotatable bonds is 6. The molecule has 1 atom stereocenters. The summed E-state index contributed by atoms with van der Waals surface area (Å²) in [7, 11) is 0. The van der Waals surface area contributed by atoms with Gasteiger partial charge in [-0.3, -0.25) is 9.59 Å². The zero-order valence-electron chi connectivity index (χ0n) is 13.4. The number of nitrogens with zero attached hydrogens (tertiary/aromatic N) is 1. The second-order valence-electron chi connectivity index (χ2n) is 5.69. The van der Waals surface area contributed by atoms with Crippen LogP contribution in [-0.4, -0.2) is 31.5 Å². The molecule has 0 aromatic heterocycles. The number of anilines is 1. The van der Waals surface area contributed by atoms with Gasteiger partial charge in [-0.25, -0.2) is 0 Å². The quantitative estimate of drug-likeness (QED) is 0.829. The predicted molar refractivity (Wildman–Crippen MR) is 91.8 cm³/mol. The van der Waals surface area contributed by atoms with Crippen LogP contribution in [0.5, 0.6) is 5.75 Å². The van der Waals surface area contributed by atoms with Gasteiger partial charge in [0, 0.05) is 18.7 Å². The molecule has 5 nitrogen and oxygen atoms in total. The summed E-state index contributed by atoms with van der Waals surface area (Å²) in [5.74, 6) is 0.354. The highest BCUT2D eigenvalue weighted by molar-refractivity contribution is 6.00. The minimum atomic E-state index is -0.311. The summed E-state index contributed by atoms with van der Waals surface area (Å²) < 4.78 is 5.54. The molecule has 5 heteroatoms. The lowest BCUT2D eigenvalue weighted by Crippen LogP contribution is -2.35. The first-order valence-electron chi connectivity index (χ1n) is 8.05. The third-order valence-electron chi connectivity index (χ3n) is 3.98. The molecule has 1 fully saturated rings. The van der Waals surface area contributed by atoms with Crippen molar-refractivity contribution in [3.8, 4) is 5.75 Å². The fraction of sp³-hybridized carbons (Fsp3) is 0.263. The molecule has 0 bridgehead atoms. The average molecular weight is 324 g/mol. The number of para-hydroxylation sites is 2. The monoisotopic (exact) mass is 324 g/mol. The van der Waals surface area contributed by atoms with Gasteiger partial charge in [0.1, 0.15) is 12.4 Å². The first-order valence-corrected chi connectivity index (χ1v) is 8.05. The van der Waals surface area contributed by atoms with Gasteiger partial charge in [0.2, 0.25) is 11.8 Å². The number of hydrogen-bond acceptors (Lipinski definition) is 3. The Hall–Kier alpha value is -2.82. The highest BCUT2D eigenvalue weighted by Gasteiger charge is 2.34. The molecule has 1 aliphatic heterocycles. The van der Waals surface area contributed by atoms with E-state index < -0.39 is 0 Å². The third-order valence-corrected chi connectivity index (χ3v) is 3.98. The van der Waals surface area contributed by atoms with Gasteiger partial charge in [0.05, 0.1) is 12.5 Å². The number of amides is 2. The van der Waals surface area contributed by atoms with E-state index in [-0.39, 0.29) is 24.2 Å². The maximum absolute atomic E-state index is 12.2. The summed E-state index contributed by atoms with van der Waals surface area (Å²) in [5.41, 5.74) is 0.838. The van der Waals surface area contributed by atoms with Crippen molar-refractivity contribution in [1.29, 1.82) is 0 Å². The van der Waals surface area contributed by atoms with Crippen molar-refractivity contribution in [1.82, 2.24) is 5.32 Å². The standard InChI is InChI=1S/C19H20N2O3/c22-18-13-15(14-21(18)16-7-3-1-4-8-16)19(23)20-11-12-24-17-9-5-2-6-10-17/h1-10,15H,11-14H2,(H,20,23). The molecule has 0 spiro atoms. The van der Waals surface area contributed by atoms with E-state index in [1.165, 1.54) is 0 Å². The van der Waals surface area contributed by atoms with Crippen molar-refractivity contribution in [2.75, 3.05) is 24.6 Å². The van der Waals surface area contributed by atoms with Gasteiger partial charge in [-0.15, -0.1) is 0 Å². The molecule has 0 saturated carbocycles. The van der Waals surface area contributed by atoms with Crippen molar-refractivity contribution >= 4 is 17.5 Å². The van der Waals surface area contributed by atoms with Crippen LogP contribution in [0.1, 0.15) is 6.42 Å². The van der Waals surface area contributed by atoms with E-state index in [1.54, 1.807) is 4.90 Å². The van der Waals surface area contributed by atoms with E-state index in [0.717, 1.165) is 11.4 Å². The normalized spacial score (nSPS) is 16.9. The van der Waals surface area contributed by atoms with Gasteiger partial charge < -0.3 is 15.0 Å². The fourth-order valence-corrected chi connectivity index (χ4v) is 2.74. The van der Waals surface area contributed by atoms with Crippen molar-refractivity contribution in [3.63, 3.8) is 0 Å². The second kappa shape index (κ2) is 7.64. The number of carbonyl (C=O) groups excluding carboxylic acids is 2. The largest absolute Gasteiger partial charge is 0.492 e. The van der Waals surface area contributed by atoms with Crippen molar-refractivity contribution in [2.24, 2.45) is 5.92 Å². The van der Waals surface area contributed by atoms with E-state index in [9.17, 15) is 9.59 Å². The molecule has 1 unspecified atom stereocenters. The molecule has 1 N–H and O–H groups in total. The molecule has 0 radical (unpaired) electrons. The molecule has 1 saturated heterocycles. The van der Waals surface area contributed by atoms with Crippen molar-refractivity contribution in [2.45, 2.75) is 6.42 Å². The highest BCUT2D eigenvalue weighted by Crippen LogP contribution is 2.24. The van der Waals surface area contributed by atoms with Crippen LogP contribution in [0.25, 0.3) is 0 Å². The van der Waals surface area contributed by atoms with Crippen LogP contribution in [0, 0.1) is 5.92 Å². The molecule has 1 aliphatic rings. The molecule has 2 aromatic carbocycles. The van der Waals surface area contributed by atoms with Crippen LogP contribution in [0.2, 0.25) is 0 Å². The molecule has 2 aromatic rings. The smallest absolute Gasteiger partial charge is 0.227 e. The minimum Gasteiger partial charge on any atom is -0.492 e. The summed E-state index contributed by atoms with van der Waals surface area (Å²) in [6.07, 6.45) is 0.250. The first-order chi connectivity index (χ1) is 11.7. The molecular formula is C19H20N2O3. The second-order valence-corrected chi connectivity index (χ2v) is 5.69. The Morgan fingerprint density at radius 2 is 1.75 bits per heavy atom. The molecule has 2 amide bonds. The Morgan fingerprint density at radius 1 is 1.08 bits per heavy atom. The summed E-state index contributed by atoms with van der Waals surface area (Å²) in [4.78, 5) is 26.0. The summed E-state index contributed by atoms with van der Waals surface area (Å²) in [5, 5.41) is 2.84. The molecule has 124 valence electrons. The Labute approximate surface area is 141 Å². The van der Waals surface area contributed by atoms with E-state index in [2.05, 4.69) is 5.32 Å². The Balaban J connectivity index is 1.45. The number of ether oxygens (including phenoxy) is 1. The lowest BCUT2D eigenvalue weighted by Gasteiger charge is -2.16. The fourth-order valence-electron chi connectivity index (χ4n) is 2.74. The summed E-state index contributed by atoms with van der Waals surface area (Å²) in [6, 6.07) is 18.9. The lowest BCUT2D eigenvalue weighted by molar-refractivity contribution is -0.126. The van der Waals surface area contributed by atoms with Gasteiger partial charge in [-0.05, 0) is 24.3 Å². The number of carbonyl (C=O) groups is 2. The molecule has 0 aliphatic carbocycles. The van der Waals surface area contributed by atoms with E-state index in [4.69, 9.17) is 4.74 Å². The van der Waals surface area contributed by atoms with E-state index in [1.807, 2.05) is 60.7 Å².